The van der Waals surface area contributed by atoms with Crippen LogP contribution in [0.25, 0.3) is 0 Å². The molecule has 6 heteroatoms. The average molecular weight is 415 g/mol. The minimum absolute atomic E-state index is 0.00126. The van der Waals surface area contributed by atoms with Crippen molar-refractivity contribution < 1.29 is 19.3 Å². The van der Waals surface area contributed by atoms with Crippen LogP contribution in [0.15, 0.2) is 36.4 Å². The number of nitrogens with one attached hydrogen (secondary N) is 1. The summed E-state index contributed by atoms with van der Waals surface area (Å²) in [5, 5.41) is 23.6. The first kappa shape index (κ1) is 21.1. The second kappa shape index (κ2) is 9.33. The summed E-state index contributed by atoms with van der Waals surface area (Å²) in [6, 6.07) is 10.2. The number of hydrogen-bond acceptors (Lipinski definition) is 5. The van der Waals surface area contributed by atoms with Crippen molar-refractivity contribution >= 4 is 0 Å². The summed E-state index contributed by atoms with van der Waals surface area (Å²) in [6.07, 6.45) is 3.59. The van der Waals surface area contributed by atoms with Gasteiger partial charge >= 0.3 is 0 Å². The molecule has 0 aliphatic carbocycles. The van der Waals surface area contributed by atoms with Crippen molar-refractivity contribution in [3.63, 3.8) is 0 Å². The van der Waals surface area contributed by atoms with E-state index in [2.05, 4.69) is 10.2 Å². The van der Waals surface area contributed by atoms with E-state index in [0.29, 0.717) is 18.9 Å². The molecule has 162 valence electrons. The summed E-state index contributed by atoms with van der Waals surface area (Å²) < 4.78 is 19.5. The molecule has 0 spiro atoms. The molecule has 30 heavy (non-hydrogen) atoms. The van der Waals surface area contributed by atoms with Crippen LogP contribution in [0.1, 0.15) is 35.6 Å². The van der Waals surface area contributed by atoms with Gasteiger partial charge in [0.25, 0.3) is 0 Å². The molecule has 3 N–H and O–H groups in total. The first-order valence-corrected chi connectivity index (χ1v) is 10.9. The predicted octanol–water partition coefficient (Wildman–Crippen LogP) is 3.39. The summed E-state index contributed by atoms with van der Waals surface area (Å²) in [7, 11) is 1.90. The molecule has 0 bridgehead atoms. The minimum Gasteiger partial charge on any atom is -0.504 e. The third-order valence-electron chi connectivity index (χ3n) is 6.57. The van der Waals surface area contributed by atoms with Crippen molar-refractivity contribution in [3.8, 4) is 11.5 Å². The molecule has 2 aliphatic heterocycles. The maximum atomic E-state index is 13.1. The van der Waals surface area contributed by atoms with E-state index in [1.807, 2.05) is 25.2 Å². The van der Waals surface area contributed by atoms with Gasteiger partial charge in [0.05, 0.1) is 12.2 Å². The monoisotopic (exact) mass is 414 g/mol. The molecule has 2 unspecified atom stereocenters. The van der Waals surface area contributed by atoms with Crippen molar-refractivity contribution in [3.05, 3.63) is 58.9 Å². The predicted molar refractivity (Wildman–Crippen MR) is 114 cm³/mol. The van der Waals surface area contributed by atoms with E-state index in [-0.39, 0.29) is 29.5 Å². The number of phenolic OH excluding ortho intramolecular Hbond substituents is 2. The number of hydrogen-bond donors (Lipinski definition) is 3. The lowest BCUT2D eigenvalue weighted by atomic mass is 9.83. The van der Waals surface area contributed by atoms with Crippen molar-refractivity contribution in [2.75, 3.05) is 33.2 Å². The minimum atomic E-state index is -0.190. The summed E-state index contributed by atoms with van der Waals surface area (Å²) in [6.45, 7) is 3.68. The molecule has 2 aliphatic rings. The highest BCUT2D eigenvalue weighted by Gasteiger charge is 2.35. The van der Waals surface area contributed by atoms with E-state index in [1.54, 1.807) is 6.07 Å². The summed E-state index contributed by atoms with van der Waals surface area (Å²) in [4.78, 5) is 2.46. The smallest absolute Gasteiger partial charge is 0.161 e. The molecular weight excluding hydrogens is 383 g/mol. The number of fused-ring (bicyclic) bond motifs is 1. The zero-order chi connectivity index (χ0) is 21.1. The molecule has 2 aromatic rings. The van der Waals surface area contributed by atoms with Gasteiger partial charge in [0.2, 0.25) is 0 Å². The molecule has 1 saturated heterocycles. The zero-order valence-corrected chi connectivity index (χ0v) is 17.5. The van der Waals surface area contributed by atoms with Gasteiger partial charge in [-0.25, -0.2) is 4.39 Å². The Labute approximate surface area is 177 Å². The number of aromatic hydroxyl groups is 2. The number of nitrogens with zero attached hydrogens (tertiary/aromatic N) is 1. The summed E-state index contributed by atoms with van der Waals surface area (Å²) >= 11 is 0. The van der Waals surface area contributed by atoms with Crippen molar-refractivity contribution in [1.82, 2.24) is 10.2 Å². The zero-order valence-electron chi connectivity index (χ0n) is 17.5. The van der Waals surface area contributed by atoms with Crippen LogP contribution >= 0.6 is 0 Å². The van der Waals surface area contributed by atoms with Crippen LogP contribution in [0.2, 0.25) is 0 Å². The Morgan fingerprint density at radius 1 is 1.10 bits per heavy atom. The van der Waals surface area contributed by atoms with Gasteiger partial charge in [-0.3, -0.25) is 0 Å². The van der Waals surface area contributed by atoms with Crippen LogP contribution in [0.5, 0.6) is 11.5 Å². The molecule has 2 atom stereocenters. The van der Waals surface area contributed by atoms with Crippen LogP contribution in [-0.4, -0.2) is 54.4 Å². The Morgan fingerprint density at radius 3 is 2.53 bits per heavy atom. The van der Waals surface area contributed by atoms with E-state index in [4.69, 9.17) is 4.74 Å². The lowest BCUT2D eigenvalue weighted by molar-refractivity contribution is -0.0670. The van der Waals surface area contributed by atoms with Crippen LogP contribution in [0, 0.1) is 11.7 Å². The van der Waals surface area contributed by atoms with Gasteiger partial charge < -0.3 is 25.2 Å². The highest BCUT2D eigenvalue weighted by Crippen LogP contribution is 2.42. The van der Waals surface area contributed by atoms with E-state index >= 15 is 0 Å². The van der Waals surface area contributed by atoms with Crippen LogP contribution in [-0.2, 0) is 17.6 Å². The Bertz CT molecular complexity index is 850. The van der Waals surface area contributed by atoms with E-state index in [0.717, 1.165) is 55.6 Å². The largest absolute Gasteiger partial charge is 0.504 e. The molecule has 0 saturated carbocycles. The normalized spacial score (nSPS) is 22.7. The van der Waals surface area contributed by atoms with Crippen LogP contribution in [0.4, 0.5) is 4.39 Å². The number of halogens is 1. The maximum absolute atomic E-state index is 13.1. The van der Waals surface area contributed by atoms with E-state index in [1.165, 1.54) is 12.1 Å². The van der Waals surface area contributed by atoms with Gasteiger partial charge in [-0.2, -0.15) is 0 Å². The number of phenols is 2. The lowest BCUT2D eigenvalue weighted by Gasteiger charge is -2.40. The molecule has 5 nitrogen and oxygen atoms in total. The first-order chi connectivity index (χ1) is 14.5. The number of likely N-dealkylation sites (N-methyl/N-ethyl adjacent to an activating group) is 1. The Morgan fingerprint density at radius 2 is 1.83 bits per heavy atom. The fraction of sp³-hybridized carbons (Fsp3) is 0.500. The third-order valence-corrected chi connectivity index (χ3v) is 6.57. The van der Waals surface area contributed by atoms with Gasteiger partial charge in [0, 0.05) is 25.1 Å². The molecule has 4 rings (SSSR count). The van der Waals surface area contributed by atoms with Gasteiger partial charge in [0.1, 0.15) is 5.82 Å². The second-order valence-corrected chi connectivity index (χ2v) is 8.48. The second-order valence-electron chi connectivity index (χ2n) is 8.48. The number of benzene rings is 2. The van der Waals surface area contributed by atoms with E-state index < -0.39 is 0 Å². The molecular formula is C24H31FN2O3. The highest BCUT2D eigenvalue weighted by atomic mass is 19.1. The van der Waals surface area contributed by atoms with Gasteiger partial charge in [-0.1, -0.05) is 18.2 Å². The van der Waals surface area contributed by atoms with Gasteiger partial charge in [0.15, 0.2) is 11.5 Å². The van der Waals surface area contributed by atoms with Crippen LogP contribution in [0.3, 0.4) is 0 Å². The summed E-state index contributed by atoms with van der Waals surface area (Å²) in [5.41, 5.74) is 2.95. The number of ether oxygens (including phenoxy) is 1. The maximum Gasteiger partial charge on any atom is 0.161 e. The van der Waals surface area contributed by atoms with Gasteiger partial charge in [-0.15, -0.1) is 0 Å². The first-order valence-electron chi connectivity index (χ1n) is 10.9. The molecule has 0 amide bonds. The Balaban J connectivity index is 1.36. The Kier molecular flexibility index (Phi) is 6.56. The molecule has 2 aromatic carbocycles. The van der Waals surface area contributed by atoms with E-state index in [9.17, 15) is 14.6 Å². The molecule has 0 radical (unpaired) electrons. The number of rotatable bonds is 6. The quantitative estimate of drug-likeness (QED) is 0.633. The molecule has 0 aromatic heterocycles. The Hall–Kier alpha value is -2.15. The fourth-order valence-corrected chi connectivity index (χ4v) is 4.80. The standard InChI is InChI=1S/C24H31FN2O3/c1-26-15-23-19-6-7-21(28)24(29)20(19)14-22(30-23)17-9-12-27(13-10-17)11-8-16-2-4-18(25)5-3-16/h2-7,17,22-23,26,28-29H,8-15H2,1H3. The molecule has 1 fully saturated rings. The summed E-state index contributed by atoms with van der Waals surface area (Å²) in [5.74, 6) is 0.178. The van der Waals surface area contributed by atoms with Crippen molar-refractivity contribution in [2.24, 2.45) is 5.92 Å². The SMILES string of the molecule is CNCC1OC(C2CCN(CCc3ccc(F)cc3)CC2)Cc2c1ccc(O)c2O. The molecule has 2 heterocycles. The van der Waals surface area contributed by atoms with Crippen molar-refractivity contribution in [1.29, 1.82) is 0 Å². The third kappa shape index (κ3) is 4.61. The fourth-order valence-electron chi connectivity index (χ4n) is 4.80. The van der Waals surface area contributed by atoms with Gasteiger partial charge in [-0.05, 0) is 74.6 Å². The lowest BCUT2D eigenvalue weighted by Crippen LogP contribution is -2.42. The topological polar surface area (TPSA) is 65.0 Å². The van der Waals surface area contributed by atoms with Crippen molar-refractivity contribution in [2.45, 2.75) is 37.9 Å². The van der Waals surface area contributed by atoms with Crippen LogP contribution < -0.4 is 5.32 Å². The number of piperidine rings is 1. The highest BCUT2D eigenvalue weighted by molar-refractivity contribution is 5.51. The average Bonchev–Trinajstić information content (AvgIpc) is 2.76. The number of likely N-dealkylation sites (tertiary alicyclic amines) is 1.